The van der Waals surface area contributed by atoms with E-state index in [2.05, 4.69) is 15.9 Å². The van der Waals surface area contributed by atoms with Crippen LogP contribution in [0.2, 0.25) is 0 Å². The van der Waals surface area contributed by atoms with Crippen LogP contribution in [0.1, 0.15) is 58.8 Å². The molecule has 0 saturated carbocycles. The summed E-state index contributed by atoms with van der Waals surface area (Å²) in [5, 5.41) is 0. The van der Waals surface area contributed by atoms with E-state index in [-0.39, 0.29) is 17.5 Å². The highest BCUT2D eigenvalue weighted by Gasteiger charge is 2.30. The van der Waals surface area contributed by atoms with E-state index in [1.54, 1.807) is 21.6 Å². The molecule has 1 atom stereocenters. The smallest absolute Gasteiger partial charge is 0.257 e. The van der Waals surface area contributed by atoms with Crippen LogP contribution in [0, 0.1) is 0 Å². The molecule has 4 rings (SSSR count). The molecule has 2 N–H and O–H groups in total. The lowest BCUT2D eigenvalue weighted by Gasteiger charge is -2.32. The van der Waals surface area contributed by atoms with E-state index < -0.39 is 0 Å². The number of nitrogens with zero attached hydrogens (tertiary/aromatic N) is 3. The second-order valence-electron chi connectivity index (χ2n) is 8.34. The zero-order valence-electron chi connectivity index (χ0n) is 18.8. The first-order chi connectivity index (χ1) is 16.0. The van der Waals surface area contributed by atoms with E-state index in [0.29, 0.717) is 37.4 Å². The Morgan fingerprint density at radius 3 is 2.55 bits per heavy atom. The summed E-state index contributed by atoms with van der Waals surface area (Å²) in [7, 11) is 0. The quantitative estimate of drug-likeness (QED) is 0.496. The zero-order valence-corrected chi connectivity index (χ0v) is 20.4. The molecule has 1 heterocycles. The Balaban J connectivity index is 1.81. The Morgan fingerprint density at radius 1 is 1.15 bits per heavy atom. The lowest BCUT2D eigenvalue weighted by atomic mass is 10.1. The summed E-state index contributed by atoms with van der Waals surface area (Å²) >= 11 is 3.43. The first kappa shape index (κ1) is 23.4. The van der Waals surface area contributed by atoms with Crippen molar-refractivity contribution in [2.24, 2.45) is 5.73 Å². The van der Waals surface area contributed by atoms with Crippen LogP contribution in [0.15, 0.2) is 63.9 Å². The summed E-state index contributed by atoms with van der Waals surface area (Å²) in [5.74, 6) is 0.534. The monoisotopic (exact) mass is 508 g/mol. The van der Waals surface area contributed by atoms with Crippen LogP contribution in [-0.2, 0) is 19.4 Å². The number of carbonyl (C=O) groups is 1. The van der Waals surface area contributed by atoms with E-state index in [1.165, 1.54) is 0 Å². The Bertz CT molecular complexity index is 1180. The fraction of sp³-hybridized carbons (Fsp3) is 0.346. The number of rotatable bonds is 8. The summed E-state index contributed by atoms with van der Waals surface area (Å²) in [6.45, 7) is 3.16. The number of halogens is 1. The summed E-state index contributed by atoms with van der Waals surface area (Å²) in [6, 6.07) is 16.9. The van der Waals surface area contributed by atoms with Crippen LogP contribution in [0.25, 0.3) is 0 Å². The molecule has 0 spiro atoms. The van der Waals surface area contributed by atoms with Gasteiger partial charge in [-0.05, 0) is 55.5 Å². The molecule has 0 fully saturated rings. The minimum absolute atomic E-state index is 0.0126. The number of benzene rings is 2. The van der Waals surface area contributed by atoms with Crippen molar-refractivity contribution in [3.63, 3.8) is 0 Å². The third-order valence-electron chi connectivity index (χ3n) is 6.18. The predicted octanol–water partition coefficient (Wildman–Crippen LogP) is 4.10. The summed E-state index contributed by atoms with van der Waals surface area (Å²) in [5.41, 5.74) is 9.25. The maximum Gasteiger partial charge on any atom is 0.257 e. The van der Waals surface area contributed by atoms with Crippen molar-refractivity contribution in [2.45, 2.75) is 45.2 Å². The molecule has 0 saturated heterocycles. The molecule has 172 valence electrons. The number of aromatic nitrogens is 2. The molecule has 1 aliphatic rings. The van der Waals surface area contributed by atoms with Crippen LogP contribution < -0.4 is 11.3 Å². The van der Waals surface area contributed by atoms with Crippen molar-refractivity contribution in [1.29, 1.82) is 0 Å². The van der Waals surface area contributed by atoms with Crippen molar-refractivity contribution in [3.8, 4) is 0 Å². The Hall–Kier alpha value is -2.77. The molecule has 1 amide bonds. The van der Waals surface area contributed by atoms with Gasteiger partial charge in [0.05, 0.1) is 18.3 Å². The Kier molecular flexibility index (Phi) is 7.40. The van der Waals surface area contributed by atoms with E-state index in [4.69, 9.17) is 10.7 Å². The Labute approximate surface area is 202 Å². The third kappa shape index (κ3) is 4.94. The second-order valence-corrected chi connectivity index (χ2v) is 9.26. The van der Waals surface area contributed by atoms with E-state index in [1.807, 2.05) is 49.4 Å². The van der Waals surface area contributed by atoms with Crippen molar-refractivity contribution in [2.75, 3.05) is 13.1 Å². The fourth-order valence-electron chi connectivity index (χ4n) is 4.56. The highest BCUT2D eigenvalue weighted by Crippen LogP contribution is 2.27. The highest BCUT2D eigenvalue weighted by molar-refractivity contribution is 9.10. The molecule has 0 bridgehead atoms. The van der Waals surface area contributed by atoms with Gasteiger partial charge in [-0.2, -0.15) is 0 Å². The number of aryl methyl sites for hydroxylation is 1. The molecule has 1 unspecified atom stereocenters. The summed E-state index contributed by atoms with van der Waals surface area (Å²) in [6.07, 6.45) is 3.13. The van der Waals surface area contributed by atoms with Gasteiger partial charge in [0.1, 0.15) is 5.82 Å². The van der Waals surface area contributed by atoms with Gasteiger partial charge in [0, 0.05) is 28.7 Å². The number of carbonyl (C=O) groups excluding carboxylic acids is 1. The van der Waals surface area contributed by atoms with E-state index >= 15 is 0 Å². The number of fused-ring (bicyclic) bond motifs is 1. The zero-order chi connectivity index (χ0) is 23.4. The first-order valence-electron chi connectivity index (χ1n) is 11.5. The van der Waals surface area contributed by atoms with Crippen molar-refractivity contribution >= 4 is 21.8 Å². The lowest BCUT2D eigenvalue weighted by Crippen LogP contribution is -2.42. The van der Waals surface area contributed by atoms with Crippen molar-refractivity contribution in [1.82, 2.24) is 14.5 Å². The molecule has 6 nitrogen and oxygen atoms in total. The van der Waals surface area contributed by atoms with Gasteiger partial charge in [-0.15, -0.1) is 0 Å². The molecule has 0 radical (unpaired) electrons. The predicted molar refractivity (Wildman–Crippen MR) is 133 cm³/mol. The Morgan fingerprint density at radius 2 is 1.88 bits per heavy atom. The van der Waals surface area contributed by atoms with Crippen LogP contribution in [0.4, 0.5) is 0 Å². The van der Waals surface area contributed by atoms with Crippen LogP contribution in [-0.4, -0.2) is 33.4 Å². The molecule has 2 aromatic carbocycles. The topological polar surface area (TPSA) is 81.2 Å². The SMILES string of the molecule is CCC(c1nc2c(c(=O)n1Cc1ccccc1)CCC2)N(CCN)C(=O)c1ccc(Br)cc1. The highest BCUT2D eigenvalue weighted by atomic mass is 79.9. The standard InChI is InChI=1S/C26H29BrN4O2/c1-2-23(30(16-15-28)25(32)19-11-13-20(27)14-12-19)24-29-22-10-6-9-21(22)26(33)31(24)17-18-7-4-3-5-8-18/h3-5,7-8,11-14,23H,2,6,9-10,15-17,28H2,1H3. The van der Waals surface area contributed by atoms with E-state index in [0.717, 1.165) is 40.6 Å². The normalized spacial score (nSPS) is 13.5. The van der Waals surface area contributed by atoms with Gasteiger partial charge in [-0.25, -0.2) is 4.98 Å². The van der Waals surface area contributed by atoms with Gasteiger partial charge in [-0.3, -0.25) is 14.2 Å². The molecule has 1 aromatic heterocycles. The van der Waals surface area contributed by atoms with Crippen LogP contribution in [0.3, 0.4) is 0 Å². The molecule has 1 aliphatic carbocycles. The lowest BCUT2D eigenvalue weighted by molar-refractivity contribution is 0.0663. The average molecular weight is 509 g/mol. The molecular formula is C26H29BrN4O2. The van der Waals surface area contributed by atoms with Crippen LogP contribution in [0.5, 0.6) is 0 Å². The average Bonchev–Trinajstić information content (AvgIpc) is 3.31. The van der Waals surface area contributed by atoms with Gasteiger partial charge >= 0.3 is 0 Å². The minimum atomic E-state index is -0.355. The molecule has 0 aliphatic heterocycles. The maximum atomic E-state index is 13.6. The third-order valence-corrected chi connectivity index (χ3v) is 6.71. The number of hydrogen-bond acceptors (Lipinski definition) is 4. The molecular weight excluding hydrogens is 480 g/mol. The maximum absolute atomic E-state index is 13.6. The van der Waals surface area contributed by atoms with Gasteiger partial charge in [-0.1, -0.05) is 53.2 Å². The van der Waals surface area contributed by atoms with Gasteiger partial charge in [0.2, 0.25) is 0 Å². The second kappa shape index (κ2) is 10.4. The van der Waals surface area contributed by atoms with Gasteiger partial charge in [0.25, 0.3) is 11.5 Å². The number of nitrogens with two attached hydrogens (primary N) is 1. The number of hydrogen-bond donors (Lipinski definition) is 1. The van der Waals surface area contributed by atoms with Gasteiger partial charge in [0.15, 0.2) is 0 Å². The first-order valence-corrected chi connectivity index (χ1v) is 12.3. The van der Waals surface area contributed by atoms with Crippen LogP contribution >= 0.6 is 15.9 Å². The number of amides is 1. The van der Waals surface area contributed by atoms with E-state index in [9.17, 15) is 9.59 Å². The largest absolute Gasteiger partial charge is 0.329 e. The molecule has 7 heteroatoms. The summed E-state index contributed by atoms with van der Waals surface area (Å²) < 4.78 is 2.68. The van der Waals surface area contributed by atoms with Crippen molar-refractivity contribution in [3.05, 3.63) is 97.6 Å². The summed E-state index contributed by atoms with van der Waals surface area (Å²) in [4.78, 5) is 33.9. The fourth-order valence-corrected chi connectivity index (χ4v) is 4.82. The molecule has 3 aromatic rings. The minimum Gasteiger partial charge on any atom is -0.329 e. The van der Waals surface area contributed by atoms with Gasteiger partial charge < -0.3 is 10.6 Å². The van der Waals surface area contributed by atoms with Crippen molar-refractivity contribution < 1.29 is 4.79 Å². The molecule has 33 heavy (non-hydrogen) atoms.